The Hall–Kier alpha value is -2.27. The third-order valence-corrected chi connectivity index (χ3v) is 9.84. The minimum Gasteiger partial charge on any atom is -0.393 e. The molecule has 5 atom stereocenters. The Balaban J connectivity index is 1.77. The molecule has 244 valence electrons. The van der Waals surface area contributed by atoms with Gasteiger partial charge >= 0.3 is 0 Å². The maximum atomic E-state index is 11.3. The number of benzene rings is 1. The summed E-state index contributed by atoms with van der Waals surface area (Å²) in [6.07, 6.45) is 20.7. The van der Waals surface area contributed by atoms with Gasteiger partial charge in [-0.3, -0.25) is 4.99 Å². The highest BCUT2D eigenvalue weighted by Crippen LogP contribution is 2.61. The number of aliphatic hydroxyl groups excluding tert-OH is 1. The molecule has 0 saturated heterocycles. The van der Waals surface area contributed by atoms with E-state index in [0.717, 1.165) is 71.4 Å². The van der Waals surface area contributed by atoms with Gasteiger partial charge in [-0.1, -0.05) is 101 Å². The highest BCUT2D eigenvalue weighted by molar-refractivity contribution is 5.63. The van der Waals surface area contributed by atoms with E-state index in [1.165, 1.54) is 24.0 Å². The van der Waals surface area contributed by atoms with Crippen LogP contribution in [0.1, 0.15) is 116 Å². The molecule has 44 heavy (non-hydrogen) atoms. The average molecular weight is 604 g/mol. The number of aliphatic hydroxyl groups is 1. The zero-order valence-corrected chi connectivity index (χ0v) is 28.7. The molecule has 1 N–H and O–H groups in total. The summed E-state index contributed by atoms with van der Waals surface area (Å²) in [6, 6.07) is 9.17. The lowest BCUT2D eigenvalue weighted by Gasteiger charge is -2.50. The van der Waals surface area contributed by atoms with Crippen LogP contribution in [0.15, 0.2) is 71.4 Å². The number of fused-ring (bicyclic) bond motifs is 1. The molecule has 4 heteroatoms. The Labute approximate surface area is 269 Å². The maximum Gasteiger partial charge on any atom is 0.0597 e. The first-order valence-electron chi connectivity index (χ1n) is 17.3. The van der Waals surface area contributed by atoms with E-state index in [4.69, 9.17) is 9.47 Å². The summed E-state index contributed by atoms with van der Waals surface area (Å²) in [5, 5.41) is 11.3. The standard InChI is InChI=1S/C40H61NO3/c1-8-11-24-41-25-13-12-17-32-18-20-33(21-19-32)35-28-40(7)36(22-23-37(40)42)34(15-9-2)38(35)31(4)16-14-27-44-30-39(5,6)29-43-26-10-3/h8,11-12,17-21,24-25,34-37,42H,1,9-10,13-16,22-23,26-30H2,2-7H3/b17-12+,24-11-,38-31-,41-25?. The third-order valence-electron chi connectivity index (χ3n) is 9.84. The largest absolute Gasteiger partial charge is 0.393 e. The van der Waals surface area contributed by atoms with E-state index in [2.05, 4.69) is 89.5 Å². The van der Waals surface area contributed by atoms with Crippen LogP contribution in [-0.4, -0.2) is 43.9 Å². The minimum absolute atomic E-state index is 0.0270. The van der Waals surface area contributed by atoms with Crippen molar-refractivity contribution in [3.05, 3.63) is 77.5 Å². The molecule has 0 aliphatic heterocycles. The molecule has 2 fully saturated rings. The van der Waals surface area contributed by atoms with E-state index in [9.17, 15) is 5.11 Å². The van der Waals surface area contributed by atoms with Gasteiger partial charge in [-0.25, -0.2) is 0 Å². The van der Waals surface area contributed by atoms with E-state index in [1.807, 2.05) is 12.3 Å². The van der Waals surface area contributed by atoms with Gasteiger partial charge < -0.3 is 14.6 Å². The first-order valence-corrected chi connectivity index (χ1v) is 17.3. The summed E-state index contributed by atoms with van der Waals surface area (Å²) in [5.41, 5.74) is 5.80. The van der Waals surface area contributed by atoms with E-state index < -0.39 is 0 Å². The summed E-state index contributed by atoms with van der Waals surface area (Å²) < 4.78 is 12.0. The Morgan fingerprint density at radius 2 is 1.82 bits per heavy atom. The molecule has 4 nitrogen and oxygen atoms in total. The van der Waals surface area contributed by atoms with Crippen molar-refractivity contribution in [1.82, 2.24) is 0 Å². The van der Waals surface area contributed by atoms with Crippen LogP contribution in [0.25, 0.3) is 6.08 Å². The Morgan fingerprint density at radius 1 is 1.09 bits per heavy atom. The Bertz CT molecular complexity index is 1130. The maximum absolute atomic E-state index is 11.3. The number of hydrogen-bond donors (Lipinski definition) is 1. The van der Waals surface area contributed by atoms with Gasteiger partial charge in [0.1, 0.15) is 0 Å². The molecule has 0 heterocycles. The molecule has 0 amide bonds. The molecule has 0 radical (unpaired) electrons. The second-order valence-corrected chi connectivity index (χ2v) is 14.2. The van der Waals surface area contributed by atoms with Crippen LogP contribution in [0.4, 0.5) is 0 Å². The highest BCUT2D eigenvalue weighted by Gasteiger charge is 2.54. The van der Waals surface area contributed by atoms with Crippen LogP contribution in [0.2, 0.25) is 0 Å². The zero-order valence-electron chi connectivity index (χ0n) is 28.7. The molecular formula is C40H61NO3. The predicted molar refractivity (Wildman–Crippen MR) is 188 cm³/mol. The first-order chi connectivity index (χ1) is 21.2. The molecule has 0 aromatic heterocycles. The lowest BCUT2D eigenvalue weighted by atomic mass is 9.55. The molecule has 1 aromatic carbocycles. The summed E-state index contributed by atoms with van der Waals surface area (Å²) >= 11 is 0. The highest BCUT2D eigenvalue weighted by atomic mass is 16.5. The van der Waals surface area contributed by atoms with Crippen LogP contribution in [0.3, 0.4) is 0 Å². The number of hydrogen-bond acceptors (Lipinski definition) is 4. The Morgan fingerprint density at radius 3 is 2.50 bits per heavy atom. The topological polar surface area (TPSA) is 51.1 Å². The van der Waals surface area contributed by atoms with Gasteiger partial charge in [0.15, 0.2) is 0 Å². The van der Waals surface area contributed by atoms with Crippen LogP contribution in [0.5, 0.6) is 0 Å². The number of aliphatic imine (C=N–C) groups is 1. The molecular weight excluding hydrogens is 542 g/mol. The van der Waals surface area contributed by atoms with Gasteiger partial charge in [0.25, 0.3) is 0 Å². The van der Waals surface area contributed by atoms with Crippen LogP contribution >= 0.6 is 0 Å². The van der Waals surface area contributed by atoms with Crippen LogP contribution < -0.4 is 0 Å². The number of allylic oxidation sites excluding steroid dienone is 5. The lowest BCUT2D eigenvalue weighted by molar-refractivity contribution is -0.00441. The predicted octanol–water partition coefficient (Wildman–Crippen LogP) is 10.1. The number of ether oxygens (including phenoxy) is 2. The molecule has 0 bridgehead atoms. The second-order valence-electron chi connectivity index (χ2n) is 14.2. The van der Waals surface area contributed by atoms with Gasteiger partial charge in [0.2, 0.25) is 0 Å². The van der Waals surface area contributed by atoms with E-state index in [1.54, 1.807) is 23.4 Å². The molecule has 0 spiro atoms. The monoisotopic (exact) mass is 603 g/mol. The summed E-state index contributed by atoms with van der Waals surface area (Å²) in [4.78, 5) is 4.24. The van der Waals surface area contributed by atoms with Crippen molar-refractivity contribution in [2.45, 2.75) is 111 Å². The fourth-order valence-electron chi connectivity index (χ4n) is 7.60. The van der Waals surface area contributed by atoms with Gasteiger partial charge in [-0.2, -0.15) is 0 Å². The normalized spacial score (nSPS) is 27.1. The molecule has 2 aliphatic carbocycles. The second kappa shape index (κ2) is 18.0. The van der Waals surface area contributed by atoms with E-state index >= 15 is 0 Å². The SMILES string of the molecule is C=C/C=C\N=CC/C=C/c1ccc(C2CC3(C)C(O)CCC3C(CCC)/C2=C(\C)CCCOCC(C)(C)COCCC)cc1. The molecule has 5 unspecified atom stereocenters. The summed E-state index contributed by atoms with van der Waals surface area (Å²) in [6.45, 7) is 20.4. The zero-order chi connectivity index (χ0) is 32.0. The van der Waals surface area contributed by atoms with Crippen molar-refractivity contribution < 1.29 is 14.6 Å². The quantitative estimate of drug-likeness (QED) is 0.0786. The molecule has 2 saturated carbocycles. The smallest absolute Gasteiger partial charge is 0.0597 e. The van der Waals surface area contributed by atoms with Crippen molar-refractivity contribution in [1.29, 1.82) is 0 Å². The van der Waals surface area contributed by atoms with Crippen LogP contribution in [0, 0.1) is 22.7 Å². The van der Waals surface area contributed by atoms with Crippen molar-refractivity contribution in [3.8, 4) is 0 Å². The van der Waals surface area contributed by atoms with Crippen LogP contribution in [-0.2, 0) is 9.47 Å². The minimum atomic E-state index is -0.209. The molecule has 1 aromatic rings. The summed E-state index contributed by atoms with van der Waals surface area (Å²) in [7, 11) is 0. The number of rotatable bonds is 18. The number of nitrogens with zero attached hydrogens (tertiary/aromatic N) is 1. The average Bonchev–Trinajstić information content (AvgIpc) is 3.30. The fraction of sp³-hybridized carbons (Fsp3) is 0.625. The molecule has 2 aliphatic rings. The van der Waals surface area contributed by atoms with Crippen molar-refractivity contribution in [2.75, 3.05) is 26.4 Å². The van der Waals surface area contributed by atoms with Crippen molar-refractivity contribution in [2.24, 2.45) is 27.7 Å². The van der Waals surface area contributed by atoms with Crippen molar-refractivity contribution >= 4 is 12.3 Å². The van der Waals surface area contributed by atoms with Crippen molar-refractivity contribution in [3.63, 3.8) is 0 Å². The van der Waals surface area contributed by atoms with Gasteiger partial charge in [0, 0.05) is 43.4 Å². The fourth-order valence-corrected chi connectivity index (χ4v) is 7.60. The third kappa shape index (κ3) is 10.1. The Kier molecular flexibility index (Phi) is 14.8. The van der Waals surface area contributed by atoms with Gasteiger partial charge in [0.05, 0.1) is 19.3 Å². The lowest BCUT2D eigenvalue weighted by Crippen LogP contribution is -2.43. The van der Waals surface area contributed by atoms with E-state index in [0.29, 0.717) is 17.8 Å². The van der Waals surface area contributed by atoms with Gasteiger partial charge in [-0.05, 0) is 86.3 Å². The van der Waals surface area contributed by atoms with Gasteiger partial charge in [-0.15, -0.1) is 0 Å². The summed E-state index contributed by atoms with van der Waals surface area (Å²) in [5.74, 6) is 1.44. The molecule has 3 rings (SSSR count). The first kappa shape index (κ1) is 36.2. The van der Waals surface area contributed by atoms with E-state index in [-0.39, 0.29) is 16.9 Å².